The number of aliphatic hydroxyl groups is 1. The molecule has 0 saturated carbocycles. The van der Waals surface area contributed by atoms with E-state index in [2.05, 4.69) is 25.2 Å². The van der Waals surface area contributed by atoms with Crippen molar-refractivity contribution in [3.05, 3.63) is 12.2 Å². The number of nitrogens with zero attached hydrogens (tertiary/aromatic N) is 1. The van der Waals surface area contributed by atoms with Crippen LogP contribution in [0.1, 0.15) is 187 Å². The van der Waals surface area contributed by atoms with Crippen LogP contribution in [-0.2, 0) is 18.4 Å². The van der Waals surface area contributed by atoms with Crippen LogP contribution in [0.25, 0.3) is 0 Å². The zero-order valence-corrected chi connectivity index (χ0v) is 33.8. The van der Waals surface area contributed by atoms with Gasteiger partial charge in [-0.15, -0.1) is 0 Å². The molecule has 0 aromatic rings. The fourth-order valence-corrected chi connectivity index (χ4v) is 6.63. The third kappa shape index (κ3) is 35.4. The molecule has 292 valence electrons. The maximum Gasteiger partial charge on any atom is 0.268 e. The smallest absolute Gasteiger partial charge is 0.268 e. The topological polar surface area (TPSA) is 108 Å². The molecule has 0 aliphatic heterocycles. The first-order chi connectivity index (χ1) is 23.5. The number of likely N-dealkylation sites (N-methyl/N-ethyl adjacent to an activating group) is 1. The first-order valence-corrected chi connectivity index (χ1v) is 22.0. The van der Waals surface area contributed by atoms with Gasteiger partial charge in [0.05, 0.1) is 39.9 Å². The molecule has 0 bridgehead atoms. The standard InChI is InChI=1S/C40H81N2O6P/c1-6-8-10-12-14-16-18-20-22-24-26-28-30-32-34-40(44)41-38(37-48-49(45,46)47-36-35-42(3,4)5)39(43)33-31-29-27-25-23-21-19-17-15-13-11-9-7-2/h29,31,38-39,43H,6-28,30,32-37H2,1-5H3,(H-,41,44,45,46)/t38-,39+/m0/s1. The van der Waals surface area contributed by atoms with Crippen molar-refractivity contribution < 1.29 is 32.9 Å². The van der Waals surface area contributed by atoms with E-state index in [9.17, 15) is 19.4 Å². The molecular formula is C40H81N2O6P. The van der Waals surface area contributed by atoms with Gasteiger partial charge < -0.3 is 28.8 Å². The van der Waals surface area contributed by atoms with Gasteiger partial charge in [-0.1, -0.05) is 167 Å². The van der Waals surface area contributed by atoms with Crippen LogP contribution in [0, 0.1) is 0 Å². The number of phosphoric ester groups is 1. The van der Waals surface area contributed by atoms with Crippen molar-refractivity contribution in [2.75, 3.05) is 40.9 Å². The number of allylic oxidation sites excluding steroid dienone is 1. The van der Waals surface area contributed by atoms with E-state index >= 15 is 0 Å². The number of rotatable bonds is 37. The number of carbonyl (C=O) groups is 1. The van der Waals surface area contributed by atoms with Crippen molar-refractivity contribution in [2.24, 2.45) is 0 Å². The second kappa shape index (κ2) is 33.1. The number of hydrogen-bond acceptors (Lipinski definition) is 6. The highest BCUT2D eigenvalue weighted by Crippen LogP contribution is 2.38. The number of nitrogens with one attached hydrogen (secondary N) is 1. The average molecular weight is 717 g/mol. The Bertz CT molecular complexity index is 819. The summed E-state index contributed by atoms with van der Waals surface area (Å²) in [6.07, 6.45) is 35.1. The van der Waals surface area contributed by atoms with Crippen LogP contribution in [0.4, 0.5) is 0 Å². The molecule has 0 heterocycles. The number of carbonyl (C=O) groups excluding carboxylic acids is 1. The lowest BCUT2D eigenvalue weighted by atomic mass is 10.0. The van der Waals surface area contributed by atoms with Gasteiger partial charge in [0.25, 0.3) is 7.82 Å². The highest BCUT2D eigenvalue weighted by molar-refractivity contribution is 7.45. The number of amides is 1. The highest BCUT2D eigenvalue weighted by Gasteiger charge is 2.24. The Labute approximate surface area is 303 Å². The predicted octanol–water partition coefficient (Wildman–Crippen LogP) is 10.2. The number of aliphatic hydroxyl groups excluding tert-OH is 1. The van der Waals surface area contributed by atoms with E-state index in [1.54, 1.807) is 0 Å². The maximum absolute atomic E-state index is 12.8. The fraction of sp³-hybridized carbons (Fsp3) is 0.925. The van der Waals surface area contributed by atoms with E-state index in [0.29, 0.717) is 23.9 Å². The Balaban J connectivity index is 4.47. The summed E-state index contributed by atoms with van der Waals surface area (Å²) in [5.41, 5.74) is 0. The zero-order valence-electron chi connectivity index (χ0n) is 32.9. The van der Waals surface area contributed by atoms with E-state index in [-0.39, 0.29) is 19.1 Å². The molecule has 0 spiro atoms. The molecule has 2 N–H and O–H groups in total. The van der Waals surface area contributed by atoms with Gasteiger partial charge in [0.1, 0.15) is 13.2 Å². The van der Waals surface area contributed by atoms with Crippen molar-refractivity contribution in [1.82, 2.24) is 5.32 Å². The molecule has 0 aromatic carbocycles. The van der Waals surface area contributed by atoms with Crippen LogP contribution in [0.2, 0.25) is 0 Å². The lowest BCUT2D eigenvalue weighted by Gasteiger charge is -2.29. The lowest BCUT2D eigenvalue weighted by Crippen LogP contribution is -2.46. The minimum absolute atomic E-state index is 0.00464. The predicted molar refractivity (Wildman–Crippen MR) is 205 cm³/mol. The SMILES string of the molecule is CCCCCCCCCCCCC=CC[C@@H](O)[C@H](COP(=O)([O-])OCC[N+](C)(C)C)NC(=O)CCCCCCCCCCCCCCCC. The molecule has 1 amide bonds. The first kappa shape index (κ1) is 48.2. The van der Waals surface area contributed by atoms with E-state index in [1.165, 1.54) is 128 Å². The van der Waals surface area contributed by atoms with Crippen molar-refractivity contribution in [3.8, 4) is 0 Å². The second-order valence-corrected chi connectivity index (χ2v) is 16.8. The minimum Gasteiger partial charge on any atom is -0.756 e. The van der Waals surface area contributed by atoms with Crippen LogP contribution < -0.4 is 10.2 Å². The zero-order chi connectivity index (χ0) is 36.5. The summed E-state index contributed by atoms with van der Waals surface area (Å²) < 4.78 is 23.1. The van der Waals surface area contributed by atoms with Crippen molar-refractivity contribution >= 4 is 13.7 Å². The summed E-state index contributed by atoms with van der Waals surface area (Å²) >= 11 is 0. The lowest BCUT2D eigenvalue weighted by molar-refractivity contribution is -0.870. The van der Waals surface area contributed by atoms with Crippen molar-refractivity contribution in [3.63, 3.8) is 0 Å². The molecule has 0 fully saturated rings. The quantitative estimate of drug-likeness (QED) is 0.0287. The fourth-order valence-electron chi connectivity index (χ4n) is 5.91. The van der Waals surface area contributed by atoms with Crippen molar-refractivity contribution in [1.29, 1.82) is 0 Å². The molecule has 9 heteroatoms. The van der Waals surface area contributed by atoms with Gasteiger partial charge in [-0.05, 0) is 25.7 Å². The summed E-state index contributed by atoms with van der Waals surface area (Å²) in [6.45, 7) is 4.66. The van der Waals surface area contributed by atoms with Crippen LogP contribution in [0.3, 0.4) is 0 Å². The molecule has 3 atom stereocenters. The molecule has 49 heavy (non-hydrogen) atoms. The number of quaternary nitrogens is 1. The Hall–Kier alpha value is -0.760. The number of phosphoric acid groups is 1. The summed E-state index contributed by atoms with van der Waals surface area (Å²) in [7, 11) is 1.28. The van der Waals surface area contributed by atoms with Crippen LogP contribution in [-0.4, -0.2) is 68.5 Å². The Morgan fingerprint density at radius 3 is 1.57 bits per heavy atom. The summed E-state index contributed by atoms with van der Waals surface area (Å²) in [4.78, 5) is 25.2. The Kier molecular flexibility index (Phi) is 32.6. The Morgan fingerprint density at radius 1 is 0.694 bits per heavy atom. The van der Waals surface area contributed by atoms with Crippen molar-refractivity contribution in [2.45, 2.75) is 199 Å². The summed E-state index contributed by atoms with van der Waals surface area (Å²) in [6, 6.07) is -0.842. The minimum atomic E-state index is -4.57. The van der Waals surface area contributed by atoms with Gasteiger partial charge >= 0.3 is 0 Å². The monoisotopic (exact) mass is 717 g/mol. The average Bonchev–Trinajstić information content (AvgIpc) is 3.04. The van der Waals surface area contributed by atoms with Crippen LogP contribution >= 0.6 is 7.82 Å². The molecule has 0 saturated heterocycles. The molecule has 1 unspecified atom stereocenters. The Morgan fingerprint density at radius 2 is 1.12 bits per heavy atom. The van der Waals surface area contributed by atoms with Gasteiger partial charge in [-0.2, -0.15) is 0 Å². The highest BCUT2D eigenvalue weighted by atomic mass is 31.2. The molecular weight excluding hydrogens is 635 g/mol. The number of hydrogen-bond donors (Lipinski definition) is 2. The van der Waals surface area contributed by atoms with Crippen LogP contribution in [0.5, 0.6) is 0 Å². The van der Waals surface area contributed by atoms with Crippen LogP contribution in [0.15, 0.2) is 12.2 Å². The molecule has 0 rings (SSSR count). The first-order valence-electron chi connectivity index (χ1n) is 20.5. The van der Waals surface area contributed by atoms with E-state index < -0.39 is 20.0 Å². The summed E-state index contributed by atoms with van der Waals surface area (Å²) in [5, 5.41) is 13.8. The van der Waals surface area contributed by atoms with Gasteiger partial charge in [0, 0.05) is 6.42 Å². The molecule has 0 radical (unpaired) electrons. The van der Waals surface area contributed by atoms with Gasteiger partial charge in [0.2, 0.25) is 5.91 Å². The maximum atomic E-state index is 12.8. The second-order valence-electron chi connectivity index (χ2n) is 15.4. The van der Waals surface area contributed by atoms with Gasteiger partial charge in [-0.25, -0.2) is 0 Å². The van der Waals surface area contributed by atoms with Gasteiger partial charge in [0.15, 0.2) is 0 Å². The normalized spacial score (nSPS) is 14.7. The van der Waals surface area contributed by atoms with E-state index in [1.807, 2.05) is 27.2 Å². The molecule has 8 nitrogen and oxygen atoms in total. The van der Waals surface area contributed by atoms with E-state index in [4.69, 9.17) is 9.05 Å². The third-order valence-electron chi connectivity index (χ3n) is 9.26. The summed E-state index contributed by atoms with van der Waals surface area (Å²) in [5.74, 6) is -0.187. The number of unbranched alkanes of at least 4 members (excludes halogenated alkanes) is 23. The van der Waals surface area contributed by atoms with Gasteiger partial charge in [-0.3, -0.25) is 9.36 Å². The molecule has 0 aromatic heterocycles. The third-order valence-corrected chi connectivity index (χ3v) is 10.2. The van der Waals surface area contributed by atoms with E-state index in [0.717, 1.165) is 32.1 Å². The largest absolute Gasteiger partial charge is 0.756 e. The molecule has 0 aliphatic carbocycles. The molecule has 0 aliphatic rings.